The van der Waals surface area contributed by atoms with Crippen LogP contribution in [0.15, 0.2) is 30.1 Å². The maximum Gasteiger partial charge on any atom is 0.410 e. The Morgan fingerprint density at radius 2 is 2.00 bits per heavy atom. The topological polar surface area (TPSA) is 59.0 Å². The number of amides is 1. The Hall–Kier alpha value is -2.43. The molecule has 5 nitrogen and oxygen atoms in total. The van der Waals surface area contributed by atoms with Crippen LogP contribution in [0.3, 0.4) is 0 Å². The summed E-state index contributed by atoms with van der Waals surface area (Å²) in [6, 6.07) is 2.08. The number of nitrogens with zero attached hydrogens (tertiary/aromatic N) is 1. The van der Waals surface area contributed by atoms with Gasteiger partial charge in [0, 0.05) is 30.0 Å². The molecular formula is C29H41NO4. The normalized spacial score (nSPS) is 22.3. The van der Waals surface area contributed by atoms with Gasteiger partial charge in [-0.1, -0.05) is 44.4 Å². The number of unbranched alkanes of at least 4 members (excludes halogenated alkanes) is 2. The summed E-state index contributed by atoms with van der Waals surface area (Å²) in [6.45, 7) is 8.87. The molecule has 5 heteroatoms. The molecule has 0 radical (unpaired) electrons. The molecule has 34 heavy (non-hydrogen) atoms. The number of fused-ring (bicyclic) bond motifs is 3. The minimum atomic E-state index is -0.306. The minimum Gasteiger partial charge on any atom is -0.507 e. The highest BCUT2D eigenvalue weighted by Gasteiger charge is 2.38. The van der Waals surface area contributed by atoms with Crippen LogP contribution in [0.1, 0.15) is 101 Å². The van der Waals surface area contributed by atoms with E-state index in [1.807, 2.05) is 0 Å². The fourth-order valence-corrected chi connectivity index (χ4v) is 5.77. The molecule has 2 aliphatic carbocycles. The Morgan fingerprint density at radius 1 is 1.24 bits per heavy atom. The molecule has 0 saturated heterocycles. The van der Waals surface area contributed by atoms with Gasteiger partial charge in [-0.15, -0.1) is 0 Å². The van der Waals surface area contributed by atoms with Crippen molar-refractivity contribution >= 4 is 6.09 Å². The van der Waals surface area contributed by atoms with Crippen LogP contribution in [0.5, 0.6) is 11.5 Å². The molecule has 1 aromatic rings. The number of benzene rings is 1. The fourth-order valence-electron chi connectivity index (χ4n) is 5.77. The van der Waals surface area contributed by atoms with Gasteiger partial charge >= 0.3 is 6.09 Å². The Bertz CT molecular complexity index is 944. The largest absolute Gasteiger partial charge is 0.507 e. The summed E-state index contributed by atoms with van der Waals surface area (Å²) in [5, 5.41) is 11.6. The molecule has 0 bridgehead atoms. The summed E-state index contributed by atoms with van der Waals surface area (Å²) >= 11 is 0. The number of allylic oxidation sites excluding steroid dienone is 3. The van der Waals surface area contributed by atoms with E-state index in [9.17, 15) is 9.90 Å². The van der Waals surface area contributed by atoms with Gasteiger partial charge in [-0.2, -0.15) is 0 Å². The predicted octanol–water partition coefficient (Wildman–Crippen LogP) is 7.37. The molecule has 1 aliphatic heterocycles. The van der Waals surface area contributed by atoms with E-state index in [-0.39, 0.29) is 29.8 Å². The number of hydrogen-bond donors (Lipinski definition) is 1. The number of phenolic OH excluding ortho intramolecular Hbond substituents is 1. The number of hydrogen-bond acceptors (Lipinski definition) is 4. The van der Waals surface area contributed by atoms with Gasteiger partial charge in [-0.05, 0) is 69.9 Å². The maximum atomic E-state index is 12.9. The van der Waals surface area contributed by atoms with Gasteiger partial charge in [0.15, 0.2) is 0 Å². The van der Waals surface area contributed by atoms with Crippen LogP contribution < -0.4 is 4.74 Å². The lowest BCUT2D eigenvalue weighted by Gasteiger charge is -2.38. The van der Waals surface area contributed by atoms with E-state index in [0.717, 1.165) is 92.4 Å². The van der Waals surface area contributed by atoms with Crippen LogP contribution in [0, 0.1) is 5.92 Å². The zero-order valence-corrected chi connectivity index (χ0v) is 21.2. The molecule has 0 aromatic heterocycles. The van der Waals surface area contributed by atoms with E-state index in [1.54, 1.807) is 11.9 Å². The van der Waals surface area contributed by atoms with E-state index < -0.39 is 0 Å². The van der Waals surface area contributed by atoms with Crippen molar-refractivity contribution in [3.63, 3.8) is 0 Å². The van der Waals surface area contributed by atoms with Gasteiger partial charge in [0.2, 0.25) is 0 Å². The van der Waals surface area contributed by atoms with Crippen LogP contribution in [0.4, 0.5) is 4.79 Å². The zero-order chi connectivity index (χ0) is 24.2. The Balaban J connectivity index is 1.64. The molecule has 0 spiro atoms. The average molecular weight is 468 g/mol. The minimum absolute atomic E-state index is 0.0142. The van der Waals surface area contributed by atoms with E-state index in [2.05, 4.69) is 32.6 Å². The summed E-state index contributed by atoms with van der Waals surface area (Å²) < 4.78 is 12.0. The SMILES string of the molecule is C=C1Oc2cc(CCCCC)c(CN(C)C(=O)OC3CCCCC3)c(O)c2C2C=C(C)CCC12. The van der Waals surface area contributed by atoms with Crippen molar-refractivity contribution in [3.05, 3.63) is 46.7 Å². The standard InChI is InChI=1S/C29H41NO4/c1-5-6-8-11-21-17-26-27(24-16-19(2)14-15-23(24)20(3)33-26)28(31)25(21)18-30(4)29(32)34-22-12-9-7-10-13-22/h16-17,22-24,31H,3,5-15,18H2,1-2,4H3. The second-order valence-corrected chi connectivity index (χ2v) is 10.5. The average Bonchev–Trinajstić information content (AvgIpc) is 2.81. The Morgan fingerprint density at radius 3 is 2.74 bits per heavy atom. The first-order valence-electron chi connectivity index (χ1n) is 13.2. The lowest BCUT2D eigenvalue weighted by Crippen LogP contribution is -2.32. The van der Waals surface area contributed by atoms with Crippen LogP contribution in [0.2, 0.25) is 0 Å². The molecule has 1 aromatic carbocycles. The molecule has 3 aliphatic rings. The van der Waals surface area contributed by atoms with E-state index in [1.165, 1.54) is 12.0 Å². The van der Waals surface area contributed by atoms with Crippen LogP contribution in [-0.2, 0) is 17.7 Å². The van der Waals surface area contributed by atoms with Gasteiger partial charge in [-0.25, -0.2) is 4.79 Å². The maximum absolute atomic E-state index is 12.9. The zero-order valence-electron chi connectivity index (χ0n) is 21.2. The third-order valence-electron chi connectivity index (χ3n) is 7.81. The summed E-state index contributed by atoms with van der Waals surface area (Å²) in [4.78, 5) is 14.5. The number of aromatic hydroxyl groups is 1. The first kappa shape index (κ1) is 24.7. The predicted molar refractivity (Wildman–Crippen MR) is 135 cm³/mol. The molecule has 186 valence electrons. The van der Waals surface area contributed by atoms with Gasteiger partial charge < -0.3 is 19.5 Å². The van der Waals surface area contributed by atoms with Crippen LogP contribution in [-0.4, -0.2) is 29.3 Å². The lowest BCUT2D eigenvalue weighted by molar-refractivity contribution is 0.0496. The van der Waals surface area contributed by atoms with Gasteiger partial charge in [0.1, 0.15) is 23.4 Å². The molecule has 1 N–H and O–H groups in total. The second kappa shape index (κ2) is 10.9. The van der Waals surface area contributed by atoms with Crippen molar-refractivity contribution < 1.29 is 19.4 Å². The van der Waals surface area contributed by atoms with Gasteiger partial charge in [0.25, 0.3) is 0 Å². The van der Waals surface area contributed by atoms with Crippen molar-refractivity contribution in [1.82, 2.24) is 4.90 Å². The molecule has 1 saturated carbocycles. The number of carbonyl (C=O) groups is 1. The highest BCUT2D eigenvalue weighted by Crippen LogP contribution is 2.52. The monoisotopic (exact) mass is 467 g/mol. The summed E-state index contributed by atoms with van der Waals surface area (Å²) in [7, 11) is 1.77. The van der Waals surface area contributed by atoms with Gasteiger partial charge in [-0.3, -0.25) is 0 Å². The highest BCUT2D eigenvalue weighted by molar-refractivity contribution is 5.68. The third kappa shape index (κ3) is 5.29. The number of phenols is 1. The fraction of sp³-hybridized carbons (Fsp3) is 0.621. The van der Waals surface area contributed by atoms with Crippen molar-refractivity contribution in [2.45, 2.75) is 103 Å². The smallest absolute Gasteiger partial charge is 0.410 e. The molecular weight excluding hydrogens is 426 g/mol. The lowest BCUT2D eigenvalue weighted by atomic mass is 9.73. The van der Waals surface area contributed by atoms with Crippen molar-refractivity contribution in [2.24, 2.45) is 5.92 Å². The molecule has 1 amide bonds. The van der Waals surface area contributed by atoms with E-state index in [4.69, 9.17) is 9.47 Å². The van der Waals surface area contributed by atoms with Crippen LogP contribution >= 0.6 is 0 Å². The highest BCUT2D eigenvalue weighted by atomic mass is 16.6. The molecule has 2 unspecified atom stereocenters. The van der Waals surface area contributed by atoms with Crippen molar-refractivity contribution in [1.29, 1.82) is 0 Å². The second-order valence-electron chi connectivity index (χ2n) is 10.5. The Labute approximate surface area is 204 Å². The third-order valence-corrected chi connectivity index (χ3v) is 7.81. The Kier molecular flexibility index (Phi) is 7.90. The summed E-state index contributed by atoms with van der Waals surface area (Å²) in [5.74, 6) is 2.02. The summed E-state index contributed by atoms with van der Waals surface area (Å²) in [6.07, 6.45) is 13.5. The molecule has 4 rings (SSSR count). The quantitative estimate of drug-likeness (QED) is 0.336. The van der Waals surface area contributed by atoms with E-state index in [0.29, 0.717) is 6.54 Å². The first-order valence-corrected chi connectivity index (χ1v) is 13.2. The summed E-state index contributed by atoms with van der Waals surface area (Å²) in [5.41, 5.74) is 4.05. The molecule has 2 atom stereocenters. The first-order chi connectivity index (χ1) is 16.4. The number of carbonyl (C=O) groups excluding carboxylic acids is 1. The number of aryl methyl sites for hydroxylation is 1. The molecule has 1 heterocycles. The van der Waals surface area contributed by atoms with Crippen molar-refractivity contribution in [2.75, 3.05) is 7.05 Å². The van der Waals surface area contributed by atoms with Gasteiger partial charge in [0.05, 0.1) is 6.54 Å². The molecule has 1 fully saturated rings. The van der Waals surface area contributed by atoms with Crippen LogP contribution in [0.25, 0.3) is 0 Å². The number of rotatable bonds is 7. The van der Waals surface area contributed by atoms with Crippen molar-refractivity contribution in [3.8, 4) is 11.5 Å². The van der Waals surface area contributed by atoms with E-state index >= 15 is 0 Å². The number of ether oxygens (including phenoxy) is 2.